The van der Waals surface area contributed by atoms with Gasteiger partial charge in [0.05, 0.1) is 4.92 Å². The summed E-state index contributed by atoms with van der Waals surface area (Å²) in [7, 11) is 0. The van der Waals surface area contributed by atoms with Crippen molar-refractivity contribution in [3.63, 3.8) is 0 Å². The Balaban J connectivity index is 2.94. The van der Waals surface area contributed by atoms with Crippen LogP contribution in [0.2, 0.25) is 0 Å². The maximum Gasteiger partial charge on any atom is 0.272 e. The molecule has 0 heterocycles. The van der Waals surface area contributed by atoms with Crippen molar-refractivity contribution < 1.29 is 14.5 Å². The van der Waals surface area contributed by atoms with Gasteiger partial charge in [0.1, 0.15) is 17.6 Å². The first kappa shape index (κ1) is 14.2. The quantitative estimate of drug-likeness (QED) is 0.596. The molecule has 5 nitrogen and oxygen atoms in total. The highest BCUT2D eigenvalue weighted by Gasteiger charge is 2.16. The first-order valence-corrected chi connectivity index (χ1v) is 5.73. The van der Waals surface area contributed by atoms with Gasteiger partial charge in [-0.3, -0.25) is 14.9 Å². The molecule has 0 N–H and O–H groups in total. The minimum Gasteiger partial charge on any atom is -0.490 e. The van der Waals surface area contributed by atoms with Crippen molar-refractivity contribution in [1.29, 1.82) is 0 Å². The molecular weight excluding hydrogens is 234 g/mol. The Kier molecular flexibility index (Phi) is 4.42. The van der Waals surface area contributed by atoms with Gasteiger partial charge in [0, 0.05) is 18.1 Å². The molecule has 98 valence electrons. The number of ether oxygens (including phenoxy) is 1. The van der Waals surface area contributed by atoms with Gasteiger partial charge < -0.3 is 4.74 Å². The highest BCUT2D eigenvalue weighted by molar-refractivity contribution is 5.75. The van der Waals surface area contributed by atoms with E-state index in [9.17, 15) is 14.9 Å². The fourth-order valence-corrected chi connectivity index (χ4v) is 1.76. The summed E-state index contributed by atoms with van der Waals surface area (Å²) in [5.41, 5.74) is 1.33. The fourth-order valence-electron chi connectivity index (χ4n) is 1.76. The highest BCUT2D eigenvalue weighted by atomic mass is 16.6. The summed E-state index contributed by atoms with van der Waals surface area (Å²) in [5.74, 6) is 0.644. The Morgan fingerprint density at radius 1 is 1.39 bits per heavy atom. The highest BCUT2D eigenvalue weighted by Crippen LogP contribution is 2.28. The van der Waals surface area contributed by atoms with Crippen LogP contribution in [-0.4, -0.2) is 16.8 Å². The molecule has 1 unspecified atom stereocenters. The molecule has 1 atom stereocenters. The van der Waals surface area contributed by atoms with Crippen molar-refractivity contribution >= 4 is 11.5 Å². The second-order valence-electron chi connectivity index (χ2n) is 4.50. The molecule has 0 amide bonds. The second-order valence-corrected chi connectivity index (χ2v) is 4.50. The predicted molar refractivity (Wildman–Crippen MR) is 68.0 cm³/mol. The van der Waals surface area contributed by atoms with Gasteiger partial charge >= 0.3 is 0 Å². The molecule has 0 spiro atoms. The van der Waals surface area contributed by atoms with Crippen LogP contribution in [0.4, 0.5) is 5.69 Å². The average Bonchev–Trinajstić information content (AvgIpc) is 2.21. The predicted octanol–water partition coefficient (Wildman–Crippen LogP) is 2.96. The van der Waals surface area contributed by atoms with E-state index in [1.54, 1.807) is 26.8 Å². The topological polar surface area (TPSA) is 69.4 Å². The van der Waals surface area contributed by atoms with E-state index < -0.39 is 4.92 Å². The van der Waals surface area contributed by atoms with Crippen LogP contribution < -0.4 is 4.74 Å². The minimum absolute atomic E-state index is 0.0544. The standard InChI is InChI=1S/C13H17NO4/c1-8-6-13(18-11(4)7-10(3)15)9(2)5-12(8)14(16)17/h5-6,11H,7H2,1-4H3. The number of rotatable bonds is 5. The molecule has 1 aromatic carbocycles. The van der Waals surface area contributed by atoms with Crippen LogP contribution in [0.5, 0.6) is 5.75 Å². The van der Waals surface area contributed by atoms with E-state index in [4.69, 9.17) is 4.74 Å². The molecule has 0 bridgehead atoms. The Morgan fingerprint density at radius 2 is 2.00 bits per heavy atom. The lowest BCUT2D eigenvalue weighted by atomic mass is 10.1. The molecule has 0 aromatic heterocycles. The molecule has 1 aromatic rings. The first-order valence-electron chi connectivity index (χ1n) is 5.73. The molecule has 1 rings (SSSR count). The molecule has 0 radical (unpaired) electrons. The number of nitro benzene ring substituents is 1. The minimum atomic E-state index is -0.412. The molecule has 0 aliphatic carbocycles. The molecule has 5 heteroatoms. The van der Waals surface area contributed by atoms with Crippen LogP contribution in [0, 0.1) is 24.0 Å². The van der Waals surface area contributed by atoms with Crippen molar-refractivity contribution in [1.82, 2.24) is 0 Å². The molecular formula is C13H17NO4. The van der Waals surface area contributed by atoms with Crippen LogP contribution in [0.15, 0.2) is 12.1 Å². The summed E-state index contributed by atoms with van der Waals surface area (Å²) >= 11 is 0. The Labute approximate surface area is 106 Å². The molecule has 0 fully saturated rings. The van der Waals surface area contributed by atoms with Gasteiger partial charge in [-0.25, -0.2) is 0 Å². The van der Waals surface area contributed by atoms with Gasteiger partial charge in [-0.1, -0.05) is 0 Å². The lowest BCUT2D eigenvalue weighted by molar-refractivity contribution is -0.385. The van der Waals surface area contributed by atoms with Crippen LogP contribution in [-0.2, 0) is 4.79 Å². The van der Waals surface area contributed by atoms with E-state index in [1.807, 2.05) is 0 Å². The summed E-state index contributed by atoms with van der Waals surface area (Å²) in [6, 6.07) is 3.13. The van der Waals surface area contributed by atoms with E-state index in [2.05, 4.69) is 0 Å². The molecule has 0 aliphatic rings. The maximum absolute atomic E-state index is 11.0. The van der Waals surface area contributed by atoms with Crippen molar-refractivity contribution in [3.05, 3.63) is 33.4 Å². The summed E-state index contributed by atoms with van der Waals surface area (Å²) in [5, 5.41) is 10.8. The molecule has 18 heavy (non-hydrogen) atoms. The van der Waals surface area contributed by atoms with Crippen LogP contribution >= 0.6 is 0 Å². The summed E-state index contributed by atoms with van der Waals surface area (Å²) in [6.45, 7) is 6.73. The zero-order valence-electron chi connectivity index (χ0n) is 11.0. The number of carbonyl (C=O) groups excluding carboxylic acids is 1. The largest absolute Gasteiger partial charge is 0.490 e. The third-order valence-corrected chi connectivity index (χ3v) is 2.59. The number of benzene rings is 1. The smallest absolute Gasteiger partial charge is 0.272 e. The Morgan fingerprint density at radius 3 is 2.50 bits per heavy atom. The van der Waals surface area contributed by atoms with Gasteiger partial charge in [-0.15, -0.1) is 0 Å². The van der Waals surface area contributed by atoms with Crippen LogP contribution in [0.25, 0.3) is 0 Å². The normalized spacial score (nSPS) is 12.0. The lowest BCUT2D eigenvalue weighted by Gasteiger charge is -2.15. The number of aryl methyl sites for hydroxylation is 2. The lowest BCUT2D eigenvalue weighted by Crippen LogP contribution is -2.16. The summed E-state index contributed by atoms with van der Waals surface area (Å²) in [4.78, 5) is 21.3. The number of Topliss-reactive ketones (excluding diaryl/α,β-unsaturated/α-hetero) is 1. The van der Waals surface area contributed by atoms with Gasteiger partial charge in [-0.2, -0.15) is 0 Å². The van der Waals surface area contributed by atoms with Crippen molar-refractivity contribution in [3.8, 4) is 5.75 Å². The Hall–Kier alpha value is -1.91. The third-order valence-electron chi connectivity index (χ3n) is 2.59. The SMILES string of the molecule is CC(=O)CC(C)Oc1cc(C)c([N+](=O)[O-])cc1C. The number of ketones is 1. The summed E-state index contributed by atoms with van der Waals surface area (Å²) < 4.78 is 5.63. The maximum atomic E-state index is 11.0. The third kappa shape index (κ3) is 3.55. The number of nitrogens with zero attached hydrogens (tertiary/aromatic N) is 1. The van der Waals surface area contributed by atoms with Crippen LogP contribution in [0.3, 0.4) is 0 Å². The van der Waals surface area contributed by atoms with Crippen molar-refractivity contribution in [2.45, 2.75) is 40.2 Å². The zero-order valence-corrected chi connectivity index (χ0v) is 11.0. The Bertz CT molecular complexity index is 482. The van der Waals surface area contributed by atoms with E-state index in [1.165, 1.54) is 13.0 Å². The summed E-state index contributed by atoms with van der Waals surface area (Å²) in [6.07, 6.45) is 0.0946. The van der Waals surface area contributed by atoms with Crippen LogP contribution in [0.1, 0.15) is 31.4 Å². The number of hydrogen-bond donors (Lipinski definition) is 0. The molecule has 0 aliphatic heterocycles. The molecule has 0 saturated carbocycles. The number of hydrogen-bond acceptors (Lipinski definition) is 4. The van der Waals surface area contributed by atoms with Gasteiger partial charge in [0.2, 0.25) is 0 Å². The van der Waals surface area contributed by atoms with Gasteiger partial charge in [0.15, 0.2) is 0 Å². The van der Waals surface area contributed by atoms with E-state index in [0.717, 1.165) is 0 Å². The number of carbonyl (C=O) groups is 1. The first-order chi connectivity index (χ1) is 8.31. The second kappa shape index (κ2) is 5.62. The zero-order chi connectivity index (χ0) is 13.9. The van der Waals surface area contributed by atoms with Gasteiger partial charge in [-0.05, 0) is 39.3 Å². The van der Waals surface area contributed by atoms with E-state index >= 15 is 0 Å². The van der Waals surface area contributed by atoms with Crippen molar-refractivity contribution in [2.75, 3.05) is 0 Å². The average molecular weight is 251 g/mol. The fraction of sp³-hybridized carbons (Fsp3) is 0.462. The van der Waals surface area contributed by atoms with Gasteiger partial charge in [0.25, 0.3) is 5.69 Å². The van der Waals surface area contributed by atoms with Crippen molar-refractivity contribution in [2.24, 2.45) is 0 Å². The van der Waals surface area contributed by atoms with E-state index in [-0.39, 0.29) is 17.6 Å². The van der Waals surface area contributed by atoms with E-state index in [0.29, 0.717) is 23.3 Å². The molecule has 0 saturated heterocycles. The monoisotopic (exact) mass is 251 g/mol. The number of nitro groups is 1.